The molecule has 0 unspecified atom stereocenters. The first-order valence-corrected chi connectivity index (χ1v) is 12.2. The highest BCUT2D eigenvalue weighted by molar-refractivity contribution is 5.93. The molecule has 2 aromatic carbocycles. The van der Waals surface area contributed by atoms with Crippen molar-refractivity contribution in [2.24, 2.45) is 0 Å². The van der Waals surface area contributed by atoms with Crippen LogP contribution in [0.4, 0.5) is 15.9 Å². The van der Waals surface area contributed by atoms with Crippen LogP contribution in [0, 0.1) is 12.7 Å². The summed E-state index contributed by atoms with van der Waals surface area (Å²) in [6, 6.07) is 9.13. The lowest BCUT2D eigenvalue weighted by molar-refractivity contribution is 0.304. The maximum Gasteiger partial charge on any atom is 0.140 e. The lowest BCUT2D eigenvalue weighted by Crippen LogP contribution is -2.34. The van der Waals surface area contributed by atoms with Gasteiger partial charge >= 0.3 is 0 Å². The van der Waals surface area contributed by atoms with Gasteiger partial charge in [0.15, 0.2) is 0 Å². The molecule has 2 fully saturated rings. The average Bonchev–Trinajstić information content (AvgIpc) is 3.69. The van der Waals surface area contributed by atoms with Crippen molar-refractivity contribution in [3.05, 3.63) is 53.1 Å². The van der Waals surface area contributed by atoms with Gasteiger partial charge in [-0.15, -0.1) is 0 Å². The molecule has 1 N–H and O–H groups in total. The molecule has 3 aromatic rings. The first kappa shape index (κ1) is 22.8. The van der Waals surface area contributed by atoms with Crippen LogP contribution in [0.1, 0.15) is 54.5 Å². The molecule has 0 spiro atoms. The Balaban J connectivity index is 1.48. The molecule has 7 heteroatoms. The highest BCUT2D eigenvalue weighted by Crippen LogP contribution is 2.42. The number of hydrogen-bond donors (Lipinski definition) is 1. The summed E-state index contributed by atoms with van der Waals surface area (Å²) in [5.74, 6) is 3.21. The normalized spacial score (nSPS) is 16.8. The third-order valence-electron chi connectivity index (χ3n) is 7.23. The predicted octanol–water partition coefficient (Wildman–Crippen LogP) is 4.78. The Morgan fingerprint density at radius 3 is 2.53 bits per heavy atom. The summed E-state index contributed by atoms with van der Waals surface area (Å²) in [4.78, 5) is 14.4. The molecule has 6 nitrogen and oxygen atoms in total. The van der Waals surface area contributed by atoms with Crippen molar-refractivity contribution in [1.82, 2.24) is 9.97 Å². The standard InChI is InChI=1S/C27H33FN4O2/c1-17-14-23-22(16-24(17)31(2)12-13-33)27(30-26(29-23)19-4-5-19)32-10-8-18(9-11-32)21-15-20(28)6-7-25(21)34-3/h6-7,14-16,18-19,33H,4-5,8-13H2,1-3H3. The molecule has 1 saturated carbocycles. The quantitative estimate of drug-likeness (QED) is 0.543. The van der Waals surface area contributed by atoms with E-state index in [9.17, 15) is 9.50 Å². The zero-order valence-electron chi connectivity index (χ0n) is 20.2. The first-order chi connectivity index (χ1) is 16.5. The van der Waals surface area contributed by atoms with E-state index in [1.807, 2.05) is 7.05 Å². The fraction of sp³-hybridized carbons (Fsp3) is 0.481. The van der Waals surface area contributed by atoms with Crippen molar-refractivity contribution in [3.63, 3.8) is 0 Å². The van der Waals surface area contributed by atoms with Crippen LogP contribution in [0.5, 0.6) is 5.75 Å². The van der Waals surface area contributed by atoms with Crippen LogP contribution < -0.4 is 14.5 Å². The monoisotopic (exact) mass is 464 g/mol. The molecule has 0 radical (unpaired) electrons. The third kappa shape index (κ3) is 4.41. The molecule has 1 aliphatic heterocycles. The van der Waals surface area contributed by atoms with Gasteiger partial charge < -0.3 is 19.6 Å². The molecule has 2 heterocycles. The van der Waals surface area contributed by atoms with E-state index in [4.69, 9.17) is 14.7 Å². The highest BCUT2D eigenvalue weighted by Gasteiger charge is 2.30. The average molecular weight is 465 g/mol. The summed E-state index contributed by atoms with van der Waals surface area (Å²) in [7, 11) is 3.65. The number of piperidine rings is 1. The van der Waals surface area contributed by atoms with Crippen LogP contribution in [0.3, 0.4) is 0 Å². The highest BCUT2D eigenvalue weighted by atomic mass is 19.1. The van der Waals surface area contributed by atoms with Gasteiger partial charge in [-0.2, -0.15) is 0 Å². The maximum absolute atomic E-state index is 14.0. The van der Waals surface area contributed by atoms with E-state index in [0.29, 0.717) is 12.5 Å². The molecule has 1 aromatic heterocycles. The van der Waals surface area contributed by atoms with Gasteiger partial charge in [0.2, 0.25) is 0 Å². The van der Waals surface area contributed by atoms with Crippen molar-refractivity contribution < 1.29 is 14.2 Å². The summed E-state index contributed by atoms with van der Waals surface area (Å²) in [6.07, 6.45) is 4.13. The summed E-state index contributed by atoms with van der Waals surface area (Å²) >= 11 is 0. The van der Waals surface area contributed by atoms with Crippen molar-refractivity contribution in [1.29, 1.82) is 0 Å². The summed E-state index contributed by atoms with van der Waals surface area (Å²) in [5.41, 5.74) is 4.17. The van der Waals surface area contributed by atoms with Crippen molar-refractivity contribution in [2.45, 2.75) is 44.4 Å². The van der Waals surface area contributed by atoms with E-state index >= 15 is 0 Å². The van der Waals surface area contributed by atoms with Gasteiger partial charge in [-0.25, -0.2) is 14.4 Å². The minimum absolute atomic E-state index is 0.106. The van der Waals surface area contributed by atoms with Gasteiger partial charge in [0.1, 0.15) is 23.2 Å². The van der Waals surface area contributed by atoms with E-state index < -0.39 is 0 Å². The minimum Gasteiger partial charge on any atom is -0.496 e. The van der Waals surface area contributed by atoms with Gasteiger partial charge in [-0.3, -0.25) is 0 Å². The number of nitrogens with zero attached hydrogens (tertiary/aromatic N) is 4. The number of rotatable bonds is 7. The zero-order chi connectivity index (χ0) is 23.8. The van der Waals surface area contributed by atoms with E-state index in [-0.39, 0.29) is 18.3 Å². The molecule has 0 atom stereocenters. The fourth-order valence-electron chi connectivity index (χ4n) is 5.14. The number of ether oxygens (including phenoxy) is 1. The second-order valence-corrected chi connectivity index (χ2v) is 9.63. The van der Waals surface area contributed by atoms with Crippen molar-refractivity contribution in [3.8, 4) is 5.75 Å². The van der Waals surface area contributed by atoms with Gasteiger partial charge in [0, 0.05) is 49.2 Å². The predicted molar refractivity (Wildman–Crippen MR) is 134 cm³/mol. The second-order valence-electron chi connectivity index (χ2n) is 9.63. The van der Waals surface area contributed by atoms with Crippen molar-refractivity contribution in [2.75, 3.05) is 50.2 Å². The van der Waals surface area contributed by atoms with Crippen LogP contribution in [-0.2, 0) is 0 Å². The number of likely N-dealkylation sites (N-methyl/N-ethyl adjacent to an activating group) is 1. The number of hydrogen-bond acceptors (Lipinski definition) is 6. The number of halogens is 1. The summed E-state index contributed by atoms with van der Waals surface area (Å²) < 4.78 is 19.5. The van der Waals surface area contributed by atoms with Crippen molar-refractivity contribution >= 4 is 22.4 Å². The Morgan fingerprint density at radius 1 is 1.09 bits per heavy atom. The Morgan fingerprint density at radius 2 is 1.85 bits per heavy atom. The molecule has 2 aliphatic rings. The number of aliphatic hydroxyl groups is 1. The number of fused-ring (bicyclic) bond motifs is 1. The number of aromatic nitrogens is 2. The number of aliphatic hydroxyl groups excluding tert-OH is 1. The Bertz CT molecular complexity index is 1190. The van der Waals surface area contributed by atoms with Crippen LogP contribution in [-0.4, -0.2) is 55.5 Å². The SMILES string of the molecule is COc1ccc(F)cc1C1CCN(c2nc(C3CC3)nc3cc(C)c(N(C)CCO)cc23)CC1. The number of aryl methyl sites for hydroxylation is 1. The molecule has 1 aliphatic carbocycles. The van der Waals surface area contributed by atoms with Crippen LogP contribution in [0.15, 0.2) is 30.3 Å². The molecule has 1 saturated heterocycles. The molecule has 0 bridgehead atoms. The van der Waals surface area contributed by atoms with Gasteiger partial charge in [0.05, 0.1) is 19.2 Å². The van der Waals surface area contributed by atoms with E-state index in [1.165, 1.54) is 6.07 Å². The largest absolute Gasteiger partial charge is 0.496 e. The maximum atomic E-state index is 14.0. The molecular weight excluding hydrogens is 431 g/mol. The Kier molecular flexibility index (Phi) is 6.30. The topological polar surface area (TPSA) is 61.7 Å². The fourth-order valence-corrected chi connectivity index (χ4v) is 5.14. The van der Waals surface area contributed by atoms with E-state index in [0.717, 1.165) is 83.9 Å². The molecule has 180 valence electrons. The summed E-state index contributed by atoms with van der Waals surface area (Å²) in [6.45, 7) is 4.46. The van der Waals surface area contributed by atoms with E-state index in [1.54, 1.807) is 19.2 Å². The van der Waals surface area contributed by atoms with Crippen LogP contribution in [0.25, 0.3) is 10.9 Å². The number of anilines is 2. The Labute approximate surface area is 200 Å². The van der Waals surface area contributed by atoms with E-state index in [2.05, 4.69) is 28.9 Å². The Hall–Kier alpha value is -2.93. The molecule has 5 rings (SSSR count). The molecular formula is C27H33FN4O2. The lowest BCUT2D eigenvalue weighted by atomic mass is 9.88. The first-order valence-electron chi connectivity index (χ1n) is 12.2. The smallest absolute Gasteiger partial charge is 0.140 e. The van der Waals surface area contributed by atoms with Gasteiger partial charge in [-0.05, 0) is 74.4 Å². The summed E-state index contributed by atoms with van der Waals surface area (Å²) in [5, 5.41) is 10.5. The third-order valence-corrected chi connectivity index (χ3v) is 7.23. The lowest BCUT2D eigenvalue weighted by Gasteiger charge is -2.34. The van der Waals surface area contributed by atoms with Crippen LogP contribution in [0.2, 0.25) is 0 Å². The van der Waals surface area contributed by atoms with Crippen LogP contribution >= 0.6 is 0 Å². The second kappa shape index (κ2) is 9.37. The minimum atomic E-state index is -0.219. The van der Waals surface area contributed by atoms with Gasteiger partial charge in [0.25, 0.3) is 0 Å². The number of benzene rings is 2. The zero-order valence-corrected chi connectivity index (χ0v) is 20.2. The van der Waals surface area contributed by atoms with Gasteiger partial charge in [-0.1, -0.05) is 0 Å². The number of methoxy groups -OCH3 is 1. The molecule has 0 amide bonds. The molecule has 34 heavy (non-hydrogen) atoms.